The minimum absolute atomic E-state index is 0.0307. The minimum Gasteiger partial charge on any atom is -0.380 e. The van der Waals surface area contributed by atoms with E-state index in [1.54, 1.807) is 0 Å². The summed E-state index contributed by atoms with van der Waals surface area (Å²) in [5.41, 5.74) is -2.63. The number of likely N-dealkylation sites (tertiary alicyclic amines) is 1. The summed E-state index contributed by atoms with van der Waals surface area (Å²) >= 11 is 0. The lowest BCUT2D eigenvalue weighted by Gasteiger charge is -2.39. The van der Waals surface area contributed by atoms with Crippen LogP contribution in [-0.4, -0.2) is 64.8 Å². The summed E-state index contributed by atoms with van der Waals surface area (Å²) in [6, 6.07) is 0.459. The number of amides is 1. The van der Waals surface area contributed by atoms with Crippen LogP contribution in [0.25, 0.3) is 0 Å². The molecule has 0 aromatic rings. The lowest BCUT2D eigenvalue weighted by molar-refractivity contribution is -0.272. The van der Waals surface area contributed by atoms with Crippen LogP contribution in [0.4, 0.5) is 13.2 Å². The maximum Gasteiger partial charge on any atom is 0.417 e. The molecular formula is C13H21F3N2O2. The number of hydrogen-bond donors (Lipinski definition) is 1. The fourth-order valence-corrected chi connectivity index (χ4v) is 2.62. The molecule has 7 heteroatoms. The van der Waals surface area contributed by atoms with E-state index < -0.39 is 24.6 Å². The molecule has 20 heavy (non-hydrogen) atoms. The van der Waals surface area contributed by atoms with Crippen molar-refractivity contribution in [2.45, 2.75) is 50.4 Å². The lowest BCUT2D eigenvalue weighted by Crippen LogP contribution is -2.55. The van der Waals surface area contributed by atoms with Crippen LogP contribution < -0.4 is 0 Å². The zero-order valence-corrected chi connectivity index (χ0v) is 11.6. The van der Waals surface area contributed by atoms with Gasteiger partial charge in [-0.3, -0.25) is 9.69 Å². The second-order valence-electron chi connectivity index (χ2n) is 5.70. The number of piperidine rings is 1. The molecule has 2 fully saturated rings. The van der Waals surface area contributed by atoms with Gasteiger partial charge < -0.3 is 10.0 Å². The number of carbonyl (C=O) groups is 1. The van der Waals surface area contributed by atoms with Crippen LogP contribution in [0.5, 0.6) is 0 Å². The third-order valence-electron chi connectivity index (χ3n) is 4.28. The van der Waals surface area contributed by atoms with E-state index in [1.165, 1.54) is 4.90 Å². The summed E-state index contributed by atoms with van der Waals surface area (Å²) in [7, 11) is 0. The van der Waals surface area contributed by atoms with E-state index in [1.807, 2.05) is 6.92 Å². The molecule has 1 aliphatic heterocycles. The number of aliphatic hydroxyl groups is 1. The molecule has 2 rings (SSSR count). The molecule has 0 radical (unpaired) electrons. The molecule has 2 aliphatic rings. The van der Waals surface area contributed by atoms with Gasteiger partial charge in [-0.1, -0.05) is 6.92 Å². The first-order valence-electron chi connectivity index (χ1n) is 7.08. The highest BCUT2D eigenvalue weighted by Crippen LogP contribution is 2.38. The summed E-state index contributed by atoms with van der Waals surface area (Å²) in [6.07, 6.45) is -3.30. The Bertz CT molecular complexity index is 361. The maximum atomic E-state index is 12.7. The molecule has 1 saturated carbocycles. The number of nitrogens with zero attached hydrogens (tertiary/aromatic N) is 2. The van der Waals surface area contributed by atoms with Crippen LogP contribution in [0.1, 0.15) is 32.6 Å². The number of rotatable bonds is 4. The van der Waals surface area contributed by atoms with E-state index >= 15 is 0 Å². The largest absolute Gasteiger partial charge is 0.417 e. The van der Waals surface area contributed by atoms with Gasteiger partial charge in [-0.2, -0.15) is 13.2 Å². The monoisotopic (exact) mass is 294 g/mol. The molecule has 0 spiro atoms. The van der Waals surface area contributed by atoms with Gasteiger partial charge in [0.25, 0.3) is 0 Å². The van der Waals surface area contributed by atoms with Gasteiger partial charge in [-0.05, 0) is 19.4 Å². The van der Waals surface area contributed by atoms with E-state index in [2.05, 4.69) is 4.90 Å². The maximum absolute atomic E-state index is 12.7. The highest BCUT2D eigenvalue weighted by molar-refractivity contribution is 5.78. The zero-order valence-electron chi connectivity index (χ0n) is 11.6. The Morgan fingerprint density at radius 1 is 1.35 bits per heavy atom. The molecular weight excluding hydrogens is 273 g/mol. The predicted octanol–water partition coefficient (Wildman–Crippen LogP) is 1.39. The van der Waals surface area contributed by atoms with E-state index in [9.17, 15) is 23.1 Å². The predicted molar refractivity (Wildman–Crippen MR) is 67.1 cm³/mol. The summed E-state index contributed by atoms with van der Waals surface area (Å²) in [6.45, 7) is 2.96. The van der Waals surface area contributed by atoms with Gasteiger partial charge in [-0.25, -0.2) is 0 Å². The van der Waals surface area contributed by atoms with Crippen molar-refractivity contribution in [3.8, 4) is 0 Å². The van der Waals surface area contributed by atoms with Crippen molar-refractivity contribution in [1.29, 1.82) is 0 Å². The Hall–Kier alpha value is -0.820. The van der Waals surface area contributed by atoms with Crippen molar-refractivity contribution < 1.29 is 23.1 Å². The highest BCUT2D eigenvalue weighted by atomic mass is 19.4. The van der Waals surface area contributed by atoms with Crippen molar-refractivity contribution >= 4 is 5.91 Å². The summed E-state index contributed by atoms with van der Waals surface area (Å²) in [5, 5.41) is 9.56. The van der Waals surface area contributed by atoms with Crippen molar-refractivity contribution in [2.75, 3.05) is 26.2 Å². The lowest BCUT2D eigenvalue weighted by atomic mass is 9.91. The van der Waals surface area contributed by atoms with Gasteiger partial charge in [-0.15, -0.1) is 0 Å². The molecule has 1 heterocycles. The SMILES string of the molecule is CCN(CC(=O)N1CCC(O)(C(F)(F)F)CC1)C1CC1. The summed E-state index contributed by atoms with van der Waals surface area (Å²) in [4.78, 5) is 15.6. The third kappa shape index (κ3) is 3.25. The van der Waals surface area contributed by atoms with E-state index in [0.29, 0.717) is 6.04 Å². The average molecular weight is 294 g/mol. The van der Waals surface area contributed by atoms with Crippen molar-refractivity contribution in [3.63, 3.8) is 0 Å². The molecule has 0 aromatic heterocycles. The van der Waals surface area contributed by atoms with Gasteiger partial charge in [0, 0.05) is 32.0 Å². The molecule has 0 atom stereocenters. The van der Waals surface area contributed by atoms with E-state index in [0.717, 1.165) is 19.4 Å². The quantitative estimate of drug-likeness (QED) is 0.852. The molecule has 4 nitrogen and oxygen atoms in total. The number of likely N-dealkylation sites (N-methyl/N-ethyl adjacent to an activating group) is 1. The van der Waals surface area contributed by atoms with E-state index in [-0.39, 0.29) is 25.5 Å². The number of halogens is 3. The Balaban J connectivity index is 1.85. The first-order chi connectivity index (χ1) is 9.27. The van der Waals surface area contributed by atoms with Crippen molar-refractivity contribution in [1.82, 2.24) is 9.80 Å². The minimum atomic E-state index is -4.62. The molecule has 0 unspecified atom stereocenters. The van der Waals surface area contributed by atoms with Crippen LogP contribution in [0, 0.1) is 0 Å². The normalized spacial score (nSPS) is 23.2. The second-order valence-corrected chi connectivity index (χ2v) is 5.70. The highest BCUT2D eigenvalue weighted by Gasteiger charge is 2.54. The Kier molecular flexibility index (Phi) is 4.30. The Morgan fingerprint density at radius 2 is 1.90 bits per heavy atom. The van der Waals surface area contributed by atoms with Crippen LogP contribution in [-0.2, 0) is 4.79 Å². The molecule has 1 N–H and O–H groups in total. The first-order valence-corrected chi connectivity index (χ1v) is 7.08. The van der Waals surface area contributed by atoms with Crippen LogP contribution in [0.3, 0.4) is 0 Å². The molecule has 1 saturated heterocycles. The third-order valence-corrected chi connectivity index (χ3v) is 4.28. The average Bonchev–Trinajstić information content (AvgIpc) is 3.19. The second kappa shape index (κ2) is 5.52. The fourth-order valence-electron chi connectivity index (χ4n) is 2.62. The Labute approximate surface area is 116 Å². The van der Waals surface area contributed by atoms with Crippen LogP contribution >= 0.6 is 0 Å². The summed E-state index contributed by atoms with van der Waals surface area (Å²) < 4.78 is 38.0. The first kappa shape index (κ1) is 15.6. The van der Waals surface area contributed by atoms with E-state index in [4.69, 9.17) is 0 Å². The number of hydrogen-bond acceptors (Lipinski definition) is 3. The van der Waals surface area contributed by atoms with Crippen molar-refractivity contribution in [2.24, 2.45) is 0 Å². The van der Waals surface area contributed by atoms with Gasteiger partial charge in [0.2, 0.25) is 5.91 Å². The topological polar surface area (TPSA) is 43.8 Å². The smallest absolute Gasteiger partial charge is 0.380 e. The standard InChI is InChI=1S/C13H21F3N2O2/c1-2-17(10-3-4-10)9-11(19)18-7-5-12(20,6-8-18)13(14,15)16/h10,20H,2-9H2,1H3. The summed E-state index contributed by atoms with van der Waals surface area (Å²) in [5.74, 6) is -0.136. The zero-order chi connectivity index (χ0) is 15.0. The Morgan fingerprint density at radius 3 is 2.30 bits per heavy atom. The molecule has 1 amide bonds. The number of carbonyl (C=O) groups excluding carboxylic acids is 1. The molecule has 0 aromatic carbocycles. The van der Waals surface area contributed by atoms with Gasteiger partial charge in [0.1, 0.15) is 0 Å². The van der Waals surface area contributed by atoms with Gasteiger partial charge >= 0.3 is 6.18 Å². The molecule has 0 bridgehead atoms. The van der Waals surface area contributed by atoms with Crippen LogP contribution in [0.2, 0.25) is 0 Å². The fraction of sp³-hybridized carbons (Fsp3) is 0.923. The molecule has 116 valence electrons. The van der Waals surface area contributed by atoms with Crippen LogP contribution in [0.15, 0.2) is 0 Å². The van der Waals surface area contributed by atoms with Gasteiger partial charge in [0.05, 0.1) is 6.54 Å². The number of alkyl halides is 3. The van der Waals surface area contributed by atoms with Gasteiger partial charge in [0.15, 0.2) is 5.60 Å². The molecule has 1 aliphatic carbocycles. The van der Waals surface area contributed by atoms with Crippen molar-refractivity contribution in [3.05, 3.63) is 0 Å².